The third-order valence-corrected chi connectivity index (χ3v) is 3.95. The number of halogens is 1. The molecule has 0 atom stereocenters. The Kier molecular flexibility index (Phi) is 4.45. The fourth-order valence-electron chi connectivity index (χ4n) is 2.76. The van der Waals surface area contributed by atoms with Crippen molar-refractivity contribution < 1.29 is 4.74 Å². The lowest BCUT2D eigenvalue weighted by Gasteiger charge is -2.07. The van der Waals surface area contributed by atoms with Gasteiger partial charge in [0, 0.05) is 28.9 Å². The molecule has 24 heavy (non-hydrogen) atoms. The van der Waals surface area contributed by atoms with E-state index < -0.39 is 0 Å². The number of nitrogen functional groups attached to an aromatic ring is 1. The highest BCUT2D eigenvalue weighted by Gasteiger charge is 2.18. The summed E-state index contributed by atoms with van der Waals surface area (Å²) in [6, 6.07) is 15.4. The van der Waals surface area contributed by atoms with Crippen LogP contribution >= 0.6 is 11.6 Å². The van der Waals surface area contributed by atoms with E-state index in [-0.39, 0.29) is 0 Å². The summed E-state index contributed by atoms with van der Waals surface area (Å²) < 4.78 is 7.48. The minimum absolute atomic E-state index is 0.417. The zero-order valence-electron chi connectivity index (χ0n) is 13.0. The summed E-state index contributed by atoms with van der Waals surface area (Å²) in [5, 5.41) is 10.5. The van der Waals surface area contributed by atoms with Gasteiger partial charge in [0.2, 0.25) is 0 Å². The summed E-state index contributed by atoms with van der Waals surface area (Å²) in [5.74, 6) is 1.12. The van der Waals surface area contributed by atoms with Crippen LogP contribution in [0.4, 0.5) is 5.69 Å². The highest BCUT2D eigenvalue weighted by molar-refractivity contribution is 6.18. The second-order valence-electron chi connectivity index (χ2n) is 5.23. The first-order valence-electron chi connectivity index (χ1n) is 7.45. The van der Waals surface area contributed by atoms with E-state index in [2.05, 4.69) is 12.6 Å². The van der Waals surface area contributed by atoms with Crippen LogP contribution < -0.4 is 10.5 Å². The van der Waals surface area contributed by atoms with Crippen molar-refractivity contribution in [3.05, 3.63) is 54.6 Å². The molecule has 0 saturated heterocycles. The summed E-state index contributed by atoms with van der Waals surface area (Å²) in [5.41, 5.74) is 9.59. The first-order chi connectivity index (χ1) is 11.7. The second kappa shape index (κ2) is 6.69. The molecule has 0 bridgehead atoms. The van der Waals surface area contributed by atoms with E-state index in [9.17, 15) is 5.26 Å². The van der Waals surface area contributed by atoms with Crippen LogP contribution in [-0.4, -0.2) is 17.1 Å². The molecule has 1 heterocycles. The quantitative estimate of drug-likeness (QED) is 0.551. The zero-order chi connectivity index (χ0) is 17.1. The average molecular weight is 338 g/mol. The van der Waals surface area contributed by atoms with Gasteiger partial charge < -0.3 is 15.0 Å². The number of fused-ring (bicyclic) bond motifs is 1. The number of hydrogen-bond acceptors (Lipinski definition) is 3. The van der Waals surface area contributed by atoms with Crippen molar-refractivity contribution in [1.29, 1.82) is 5.26 Å². The Labute approximate surface area is 145 Å². The lowest BCUT2D eigenvalue weighted by Crippen LogP contribution is -1.98. The molecule has 0 aliphatic rings. The fraction of sp³-hybridized carbons (Fsp3) is 0.105. The van der Waals surface area contributed by atoms with Crippen LogP contribution in [0.5, 0.6) is 5.75 Å². The van der Waals surface area contributed by atoms with Gasteiger partial charge in [-0.05, 0) is 24.3 Å². The Morgan fingerprint density at radius 1 is 1.25 bits per heavy atom. The number of nitrogens with zero attached hydrogens (tertiary/aromatic N) is 2. The highest BCUT2D eigenvalue weighted by atomic mass is 35.5. The van der Waals surface area contributed by atoms with Crippen LogP contribution in [-0.2, 0) is 0 Å². The third-order valence-electron chi connectivity index (χ3n) is 3.80. The normalized spacial score (nSPS) is 10.5. The molecular formula is C19H16ClN3O. The maximum atomic E-state index is 9.68. The second-order valence-corrected chi connectivity index (χ2v) is 5.60. The van der Waals surface area contributed by atoms with Gasteiger partial charge in [-0.1, -0.05) is 18.7 Å². The first kappa shape index (κ1) is 16.0. The van der Waals surface area contributed by atoms with Crippen LogP contribution in [0.15, 0.2) is 49.0 Å². The largest absolute Gasteiger partial charge is 0.492 e. The van der Waals surface area contributed by atoms with E-state index in [0.29, 0.717) is 29.5 Å². The van der Waals surface area contributed by atoms with Gasteiger partial charge in [0.15, 0.2) is 0 Å². The van der Waals surface area contributed by atoms with Crippen LogP contribution in [0.1, 0.15) is 5.56 Å². The van der Waals surface area contributed by atoms with E-state index in [4.69, 9.17) is 22.1 Å². The molecule has 0 aliphatic heterocycles. The summed E-state index contributed by atoms with van der Waals surface area (Å²) in [6.45, 7) is 4.32. The van der Waals surface area contributed by atoms with Crippen molar-refractivity contribution in [3.63, 3.8) is 0 Å². The van der Waals surface area contributed by atoms with E-state index >= 15 is 0 Å². The minimum Gasteiger partial charge on any atom is -0.492 e. The molecule has 0 saturated carbocycles. The Hall–Kier alpha value is -2.90. The molecule has 4 nitrogen and oxygen atoms in total. The first-order valence-corrected chi connectivity index (χ1v) is 7.98. The highest BCUT2D eigenvalue weighted by Crippen LogP contribution is 2.35. The van der Waals surface area contributed by atoms with Crippen molar-refractivity contribution >= 4 is 34.4 Å². The predicted molar refractivity (Wildman–Crippen MR) is 99.1 cm³/mol. The lowest BCUT2D eigenvalue weighted by molar-refractivity contribution is 0.343. The van der Waals surface area contributed by atoms with Gasteiger partial charge in [0.1, 0.15) is 18.4 Å². The predicted octanol–water partition coefficient (Wildman–Crippen LogP) is 4.48. The van der Waals surface area contributed by atoms with E-state index in [0.717, 1.165) is 22.2 Å². The van der Waals surface area contributed by atoms with Gasteiger partial charge in [-0.25, -0.2) is 0 Å². The van der Waals surface area contributed by atoms with Crippen LogP contribution in [0, 0.1) is 11.3 Å². The number of rotatable bonds is 5. The van der Waals surface area contributed by atoms with Gasteiger partial charge in [-0.2, -0.15) is 5.26 Å². The number of alkyl halides is 1. The smallest absolute Gasteiger partial charge is 0.121 e. The molecule has 120 valence electrons. The van der Waals surface area contributed by atoms with Gasteiger partial charge in [-0.15, -0.1) is 11.6 Å². The molecule has 1 aromatic heterocycles. The van der Waals surface area contributed by atoms with Gasteiger partial charge >= 0.3 is 0 Å². The SMILES string of the molecule is C=Cn1c(-c2ccc(N)cc2)c(C#N)c2ccc(OCCCl)cc21. The molecule has 0 amide bonds. The van der Waals surface area contributed by atoms with Crippen LogP contribution in [0.2, 0.25) is 0 Å². The number of nitriles is 1. The number of nitrogens with two attached hydrogens (primary N) is 1. The van der Waals surface area contributed by atoms with E-state index in [1.807, 2.05) is 47.0 Å². The Morgan fingerprint density at radius 3 is 2.62 bits per heavy atom. The average Bonchev–Trinajstić information content (AvgIpc) is 2.93. The molecule has 2 aromatic carbocycles. The Morgan fingerprint density at radius 2 is 2.00 bits per heavy atom. The lowest BCUT2D eigenvalue weighted by atomic mass is 10.1. The monoisotopic (exact) mass is 337 g/mol. The Balaban J connectivity index is 2.26. The molecule has 0 aliphatic carbocycles. The Bertz CT molecular complexity index is 936. The number of ether oxygens (including phenoxy) is 1. The zero-order valence-corrected chi connectivity index (χ0v) is 13.8. The number of benzene rings is 2. The van der Waals surface area contributed by atoms with Crippen LogP contribution in [0.25, 0.3) is 28.4 Å². The summed E-state index contributed by atoms with van der Waals surface area (Å²) in [7, 11) is 0. The van der Waals surface area contributed by atoms with Gasteiger partial charge in [0.05, 0.1) is 22.7 Å². The molecule has 0 fully saturated rings. The van der Waals surface area contributed by atoms with Crippen molar-refractivity contribution in [1.82, 2.24) is 4.57 Å². The summed E-state index contributed by atoms with van der Waals surface area (Å²) in [6.07, 6.45) is 1.69. The van der Waals surface area contributed by atoms with Crippen molar-refractivity contribution in [2.45, 2.75) is 0 Å². The fourth-order valence-corrected chi connectivity index (χ4v) is 2.84. The van der Waals surface area contributed by atoms with Crippen molar-refractivity contribution in [2.24, 2.45) is 0 Å². The summed E-state index contributed by atoms with van der Waals surface area (Å²) >= 11 is 5.67. The van der Waals surface area contributed by atoms with E-state index in [1.54, 1.807) is 6.20 Å². The molecular weight excluding hydrogens is 322 g/mol. The van der Waals surface area contributed by atoms with Crippen molar-refractivity contribution in [2.75, 3.05) is 18.2 Å². The molecule has 3 rings (SSSR count). The third kappa shape index (κ3) is 2.70. The maximum absolute atomic E-state index is 9.68. The number of hydrogen-bond donors (Lipinski definition) is 1. The molecule has 0 unspecified atom stereocenters. The molecule has 5 heteroatoms. The van der Waals surface area contributed by atoms with Gasteiger partial charge in [-0.3, -0.25) is 0 Å². The van der Waals surface area contributed by atoms with Crippen molar-refractivity contribution in [3.8, 4) is 23.1 Å². The number of aromatic nitrogens is 1. The molecule has 3 aromatic rings. The topological polar surface area (TPSA) is 64.0 Å². The standard InChI is InChI=1S/C19H16ClN3O/c1-2-23-18-11-15(24-10-9-20)7-8-16(18)17(12-21)19(23)13-3-5-14(22)6-4-13/h2-8,11H,1,9-10,22H2. The van der Waals surface area contributed by atoms with Gasteiger partial charge in [0.25, 0.3) is 0 Å². The maximum Gasteiger partial charge on any atom is 0.121 e. The van der Waals surface area contributed by atoms with E-state index in [1.165, 1.54) is 0 Å². The molecule has 0 spiro atoms. The summed E-state index contributed by atoms with van der Waals surface area (Å²) in [4.78, 5) is 0. The number of anilines is 1. The molecule has 2 N–H and O–H groups in total. The molecule has 0 radical (unpaired) electrons. The minimum atomic E-state index is 0.417. The van der Waals surface area contributed by atoms with Crippen LogP contribution in [0.3, 0.4) is 0 Å².